The van der Waals surface area contributed by atoms with Crippen LogP contribution in [-0.4, -0.2) is 16.7 Å². The van der Waals surface area contributed by atoms with E-state index in [0.717, 1.165) is 18.0 Å². The van der Waals surface area contributed by atoms with Crippen molar-refractivity contribution < 1.29 is 0 Å². The fourth-order valence-electron chi connectivity index (χ4n) is 2.77. The van der Waals surface area contributed by atoms with Crippen LogP contribution >= 0.6 is 0 Å². The fourth-order valence-corrected chi connectivity index (χ4v) is 2.77. The van der Waals surface area contributed by atoms with E-state index in [9.17, 15) is 0 Å². The third-order valence-electron chi connectivity index (χ3n) is 3.79. The van der Waals surface area contributed by atoms with Crippen LogP contribution in [0.5, 0.6) is 0 Å². The van der Waals surface area contributed by atoms with Crippen molar-refractivity contribution in [2.75, 3.05) is 11.9 Å². The number of hydrogen-bond donors (Lipinski definition) is 2. The van der Waals surface area contributed by atoms with Crippen molar-refractivity contribution in [2.45, 2.75) is 32.1 Å². The minimum Gasteiger partial charge on any atom is -0.384 e. The number of aromatic amines is 1. The molecule has 1 saturated carbocycles. The number of nitrogens with one attached hydrogen (secondary N) is 2. The van der Waals surface area contributed by atoms with Gasteiger partial charge in [0.15, 0.2) is 0 Å². The summed E-state index contributed by atoms with van der Waals surface area (Å²) in [7, 11) is 0. The highest BCUT2D eigenvalue weighted by Crippen LogP contribution is 2.26. The van der Waals surface area contributed by atoms with E-state index in [2.05, 4.69) is 33.7 Å². The molecule has 1 aromatic heterocycles. The van der Waals surface area contributed by atoms with Crippen molar-refractivity contribution in [1.82, 2.24) is 10.2 Å². The molecule has 2 N–H and O–H groups in total. The van der Waals surface area contributed by atoms with Crippen molar-refractivity contribution in [3.63, 3.8) is 0 Å². The van der Waals surface area contributed by atoms with Gasteiger partial charge in [0.25, 0.3) is 0 Å². The molecule has 1 aliphatic carbocycles. The summed E-state index contributed by atoms with van der Waals surface area (Å²) >= 11 is 0. The maximum absolute atomic E-state index is 4.09. The summed E-state index contributed by atoms with van der Waals surface area (Å²) < 4.78 is 0. The number of nitrogens with zero attached hydrogens (tertiary/aromatic N) is 1. The molecule has 0 saturated heterocycles. The Kier molecular flexibility index (Phi) is 2.99. The summed E-state index contributed by atoms with van der Waals surface area (Å²) in [5, 5.41) is 11.9. The largest absolute Gasteiger partial charge is 0.384 e. The molecule has 1 heterocycles. The highest BCUT2D eigenvalue weighted by atomic mass is 15.1. The molecule has 0 radical (unpaired) electrons. The van der Waals surface area contributed by atoms with Crippen molar-refractivity contribution in [3.8, 4) is 0 Å². The lowest BCUT2D eigenvalue weighted by atomic mass is 9.89. The Bertz CT molecular complexity index is 483. The number of benzene rings is 1. The Morgan fingerprint density at radius 2 is 2.12 bits per heavy atom. The number of hydrogen-bond acceptors (Lipinski definition) is 2. The maximum atomic E-state index is 4.09. The lowest BCUT2D eigenvalue weighted by Gasteiger charge is -2.22. The molecule has 0 bridgehead atoms. The molecule has 2 aromatic rings. The normalized spacial score (nSPS) is 17.4. The van der Waals surface area contributed by atoms with Crippen LogP contribution in [0.4, 0.5) is 5.69 Å². The minimum absolute atomic E-state index is 0.853. The number of anilines is 1. The monoisotopic (exact) mass is 229 g/mol. The van der Waals surface area contributed by atoms with Crippen LogP contribution in [0, 0.1) is 5.92 Å². The molecule has 1 fully saturated rings. The van der Waals surface area contributed by atoms with Gasteiger partial charge in [-0.15, -0.1) is 0 Å². The van der Waals surface area contributed by atoms with Crippen LogP contribution in [0.1, 0.15) is 32.1 Å². The quantitative estimate of drug-likeness (QED) is 0.845. The lowest BCUT2D eigenvalue weighted by Crippen LogP contribution is -2.17. The molecule has 0 aliphatic heterocycles. The van der Waals surface area contributed by atoms with Crippen LogP contribution in [0.25, 0.3) is 10.9 Å². The first-order chi connectivity index (χ1) is 8.43. The minimum atomic E-state index is 0.853. The molecule has 0 amide bonds. The molecule has 0 spiro atoms. The summed E-state index contributed by atoms with van der Waals surface area (Å²) in [6.45, 7) is 1.10. The lowest BCUT2D eigenvalue weighted by molar-refractivity contribution is 0.373. The molecule has 90 valence electrons. The Morgan fingerprint density at radius 3 is 3.00 bits per heavy atom. The molecule has 17 heavy (non-hydrogen) atoms. The van der Waals surface area contributed by atoms with Gasteiger partial charge < -0.3 is 5.32 Å². The second-order valence-corrected chi connectivity index (χ2v) is 5.02. The maximum Gasteiger partial charge on any atom is 0.0671 e. The predicted octanol–water partition coefficient (Wildman–Crippen LogP) is 3.56. The van der Waals surface area contributed by atoms with Crippen LogP contribution < -0.4 is 5.32 Å². The molecule has 1 aromatic carbocycles. The SMILES string of the molecule is c1cc(NCC2CCCCC2)c2cn[nH]c2c1. The van der Waals surface area contributed by atoms with E-state index in [1.54, 1.807) is 0 Å². The Balaban J connectivity index is 1.69. The molecule has 3 heteroatoms. The fraction of sp³-hybridized carbons (Fsp3) is 0.500. The van der Waals surface area contributed by atoms with Crippen molar-refractivity contribution >= 4 is 16.6 Å². The summed E-state index contributed by atoms with van der Waals surface area (Å²) in [4.78, 5) is 0. The summed E-state index contributed by atoms with van der Waals surface area (Å²) in [6, 6.07) is 6.28. The summed E-state index contributed by atoms with van der Waals surface area (Å²) in [5.41, 5.74) is 2.32. The second-order valence-electron chi connectivity index (χ2n) is 5.02. The zero-order chi connectivity index (χ0) is 11.5. The highest BCUT2D eigenvalue weighted by Gasteiger charge is 2.13. The zero-order valence-electron chi connectivity index (χ0n) is 10.1. The highest BCUT2D eigenvalue weighted by molar-refractivity contribution is 5.90. The molecule has 0 unspecified atom stereocenters. The van der Waals surface area contributed by atoms with Crippen molar-refractivity contribution in [1.29, 1.82) is 0 Å². The first kappa shape index (κ1) is 10.6. The Labute approximate surface area is 102 Å². The average molecular weight is 229 g/mol. The third kappa shape index (κ3) is 2.28. The molecule has 1 aliphatic rings. The second kappa shape index (κ2) is 4.78. The Morgan fingerprint density at radius 1 is 1.24 bits per heavy atom. The third-order valence-corrected chi connectivity index (χ3v) is 3.79. The number of fused-ring (bicyclic) bond motifs is 1. The molecule has 3 rings (SSSR count). The van der Waals surface area contributed by atoms with Crippen LogP contribution in [0.15, 0.2) is 24.4 Å². The van der Waals surface area contributed by atoms with E-state index in [4.69, 9.17) is 0 Å². The van der Waals surface area contributed by atoms with Gasteiger partial charge in [0.05, 0.1) is 11.7 Å². The molecule has 0 atom stereocenters. The van der Waals surface area contributed by atoms with Crippen LogP contribution in [-0.2, 0) is 0 Å². The standard InChI is InChI=1S/C14H19N3/c1-2-5-11(6-3-1)9-15-13-7-4-8-14-12(13)10-16-17-14/h4,7-8,10-11,15H,1-3,5-6,9H2,(H,16,17). The van der Waals surface area contributed by atoms with E-state index in [1.165, 1.54) is 43.2 Å². The zero-order valence-corrected chi connectivity index (χ0v) is 10.1. The van der Waals surface area contributed by atoms with Crippen LogP contribution in [0.2, 0.25) is 0 Å². The molecule has 3 nitrogen and oxygen atoms in total. The van der Waals surface area contributed by atoms with E-state index in [1.807, 2.05) is 6.20 Å². The average Bonchev–Trinajstić information content (AvgIpc) is 2.86. The van der Waals surface area contributed by atoms with Crippen molar-refractivity contribution in [3.05, 3.63) is 24.4 Å². The predicted molar refractivity (Wildman–Crippen MR) is 71.2 cm³/mol. The number of H-pyrrole nitrogens is 1. The van der Waals surface area contributed by atoms with Gasteiger partial charge in [-0.25, -0.2) is 0 Å². The first-order valence-corrected chi connectivity index (χ1v) is 6.59. The smallest absolute Gasteiger partial charge is 0.0671 e. The van der Waals surface area contributed by atoms with E-state index in [-0.39, 0.29) is 0 Å². The topological polar surface area (TPSA) is 40.7 Å². The van der Waals surface area contributed by atoms with Gasteiger partial charge >= 0.3 is 0 Å². The van der Waals surface area contributed by atoms with Crippen LogP contribution in [0.3, 0.4) is 0 Å². The van der Waals surface area contributed by atoms with Gasteiger partial charge in [-0.2, -0.15) is 5.10 Å². The van der Waals surface area contributed by atoms with Gasteiger partial charge in [0.1, 0.15) is 0 Å². The number of aromatic nitrogens is 2. The summed E-state index contributed by atoms with van der Waals surface area (Å²) in [5.74, 6) is 0.853. The summed E-state index contributed by atoms with van der Waals surface area (Å²) in [6.07, 6.45) is 8.90. The van der Waals surface area contributed by atoms with E-state index >= 15 is 0 Å². The van der Waals surface area contributed by atoms with Gasteiger partial charge in [0.2, 0.25) is 0 Å². The first-order valence-electron chi connectivity index (χ1n) is 6.59. The molecular weight excluding hydrogens is 210 g/mol. The van der Waals surface area contributed by atoms with Gasteiger partial charge in [-0.1, -0.05) is 25.3 Å². The van der Waals surface area contributed by atoms with Gasteiger partial charge in [0, 0.05) is 17.6 Å². The van der Waals surface area contributed by atoms with Gasteiger partial charge in [-0.3, -0.25) is 5.10 Å². The molecular formula is C14H19N3. The Hall–Kier alpha value is -1.51. The van der Waals surface area contributed by atoms with Gasteiger partial charge in [-0.05, 0) is 30.9 Å². The van der Waals surface area contributed by atoms with E-state index in [0.29, 0.717) is 0 Å². The van der Waals surface area contributed by atoms with Crippen molar-refractivity contribution in [2.24, 2.45) is 5.92 Å². The van der Waals surface area contributed by atoms with E-state index < -0.39 is 0 Å². The number of rotatable bonds is 3.